The fourth-order valence-corrected chi connectivity index (χ4v) is 3.25. The number of halogens is 5. The lowest BCUT2D eigenvalue weighted by atomic mass is 10.1. The number of ether oxygens (including phenoxy) is 3. The van der Waals surface area contributed by atoms with Crippen molar-refractivity contribution in [2.24, 2.45) is 0 Å². The number of benzene rings is 2. The van der Waals surface area contributed by atoms with Crippen molar-refractivity contribution in [3.8, 4) is 11.5 Å². The summed E-state index contributed by atoms with van der Waals surface area (Å²) < 4.78 is 84.1. The Labute approximate surface area is 193 Å². The third-order valence-corrected chi connectivity index (χ3v) is 5.11. The molecule has 0 aromatic heterocycles. The Balaban J connectivity index is 1.80. The molecule has 2 bridgehead atoms. The normalized spacial score (nSPS) is 16.0. The van der Waals surface area contributed by atoms with Gasteiger partial charge in [-0.1, -0.05) is 24.3 Å². The molecule has 182 valence electrons. The Morgan fingerprint density at radius 3 is 2.32 bits per heavy atom. The van der Waals surface area contributed by atoms with E-state index in [0.29, 0.717) is 25.2 Å². The van der Waals surface area contributed by atoms with Crippen molar-refractivity contribution < 1.29 is 41.0 Å². The monoisotopic (exact) mass is 482 g/mol. The molecule has 2 heterocycles. The van der Waals surface area contributed by atoms with Crippen LogP contribution in [-0.2, 0) is 11.3 Å². The molecule has 4 rings (SSSR count). The Bertz CT molecular complexity index is 1070. The summed E-state index contributed by atoms with van der Waals surface area (Å²) in [6.07, 6.45) is 7.83. The van der Waals surface area contributed by atoms with Gasteiger partial charge in [0.05, 0.1) is 18.8 Å². The van der Waals surface area contributed by atoms with Gasteiger partial charge in [0, 0.05) is 0 Å². The third-order valence-electron chi connectivity index (χ3n) is 5.11. The summed E-state index contributed by atoms with van der Waals surface area (Å²) in [7, 11) is 0. The first-order chi connectivity index (χ1) is 16.3. The van der Waals surface area contributed by atoms with Gasteiger partial charge in [0.1, 0.15) is 23.7 Å². The highest BCUT2D eigenvalue weighted by atomic mass is 19.2. The van der Waals surface area contributed by atoms with Crippen molar-refractivity contribution >= 4 is 5.97 Å². The molecule has 9 heteroatoms. The van der Waals surface area contributed by atoms with Crippen LogP contribution in [0.15, 0.2) is 42.5 Å². The number of fused-ring (bicyclic) bond motifs is 12. The van der Waals surface area contributed by atoms with Crippen LogP contribution in [0.2, 0.25) is 0 Å². The first kappa shape index (κ1) is 25.3. The van der Waals surface area contributed by atoms with Crippen LogP contribution in [0.1, 0.15) is 48.0 Å². The van der Waals surface area contributed by atoms with E-state index in [4.69, 9.17) is 14.2 Å². The first-order valence-corrected chi connectivity index (χ1v) is 10.7. The number of hydrogen-bond donors (Lipinski definition) is 0. The van der Waals surface area contributed by atoms with Gasteiger partial charge >= 0.3 is 5.97 Å². The largest absolute Gasteiger partial charge is 0.494 e. The van der Waals surface area contributed by atoms with Crippen molar-refractivity contribution in [2.45, 2.75) is 38.7 Å². The number of carbonyl (C=O) groups is 1. The molecule has 2 aromatic rings. The number of esters is 1. The molecule has 0 N–H and O–H groups in total. The molecule has 0 fully saturated rings. The van der Waals surface area contributed by atoms with Crippen LogP contribution < -0.4 is 9.47 Å². The summed E-state index contributed by atoms with van der Waals surface area (Å²) in [4.78, 5) is 12.7. The molecular formula is C25H23F5O4. The van der Waals surface area contributed by atoms with Crippen molar-refractivity contribution in [1.29, 1.82) is 0 Å². The van der Waals surface area contributed by atoms with Crippen molar-refractivity contribution in [2.75, 3.05) is 13.2 Å². The molecule has 0 saturated heterocycles. The van der Waals surface area contributed by atoms with Crippen molar-refractivity contribution in [3.05, 3.63) is 82.7 Å². The predicted octanol–water partition coefficient (Wildman–Crippen LogP) is 6.57. The first-order valence-electron chi connectivity index (χ1n) is 10.7. The minimum absolute atomic E-state index is 0.104. The maximum absolute atomic E-state index is 13.9. The number of rotatable bonds is 3. The van der Waals surface area contributed by atoms with E-state index in [2.05, 4.69) is 12.7 Å². The molecule has 0 atom stereocenters. The molecule has 0 unspecified atom stereocenters. The standard InChI is InChI=1S/C25H23F5O4/c1-15-7-4-2-3-5-11-32-16-9-10-19(33-12-6-8-15)17(13-16)25(31)34-14-18-20(26)22(28)24(30)23(29)21(18)27/h4,7,9-10,13H,1-3,5-6,8,11-12,14H2/b7-4-. The number of carbonyl (C=O) groups excluding carboxylic acids is 1. The molecule has 0 spiro atoms. The van der Waals surface area contributed by atoms with Crippen LogP contribution in [0.3, 0.4) is 0 Å². The molecule has 2 aliphatic heterocycles. The van der Waals surface area contributed by atoms with Crippen LogP contribution in [-0.4, -0.2) is 19.2 Å². The van der Waals surface area contributed by atoms with Crippen LogP contribution in [0.5, 0.6) is 11.5 Å². The molecule has 0 saturated carbocycles. The topological polar surface area (TPSA) is 44.8 Å². The van der Waals surface area contributed by atoms with Gasteiger partial charge in [0.2, 0.25) is 5.82 Å². The highest BCUT2D eigenvalue weighted by Crippen LogP contribution is 2.28. The van der Waals surface area contributed by atoms with E-state index in [1.165, 1.54) is 12.1 Å². The zero-order valence-electron chi connectivity index (χ0n) is 18.3. The highest BCUT2D eigenvalue weighted by Gasteiger charge is 2.27. The third kappa shape index (κ3) is 6.15. The predicted molar refractivity (Wildman–Crippen MR) is 114 cm³/mol. The summed E-state index contributed by atoms with van der Waals surface area (Å²) in [5.74, 6) is -11.2. The number of allylic oxidation sites excluding steroid dienone is 3. The summed E-state index contributed by atoms with van der Waals surface area (Å²) >= 11 is 0. The molecule has 0 aliphatic carbocycles. The van der Waals surface area contributed by atoms with Gasteiger partial charge in [0.25, 0.3) is 0 Å². The minimum Gasteiger partial charge on any atom is -0.494 e. The van der Waals surface area contributed by atoms with Gasteiger partial charge in [0.15, 0.2) is 23.3 Å². The van der Waals surface area contributed by atoms with E-state index >= 15 is 0 Å². The summed E-state index contributed by atoms with van der Waals surface area (Å²) in [6.45, 7) is 3.44. The lowest BCUT2D eigenvalue weighted by Gasteiger charge is -2.15. The Morgan fingerprint density at radius 2 is 1.59 bits per heavy atom. The number of hydrogen-bond acceptors (Lipinski definition) is 4. The zero-order chi connectivity index (χ0) is 24.7. The summed E-state index contributed by atoms with van der Waals surface area (Å²) in [5, 5.41) is 0. The fourth-order valence-electron chi connectivity index (χ4n) is 3.25. The van der Waals surface area contributed by atoms with E-state index in [-0.39, 0.29) is 17.9 Å². The Kier molecular flexibility index (Phi) is 8.67. The average Bonchev–Trinajstić information content (AvgIpc) is 2.83. The molecule has 0 radical (unpaired) electrons. The SMILES string of the molecule is C=C1/C=C\CCCCOc2ccc(c(C(=O)OCc3c(F)c(F)c(F)c(F)c3F)c2)OCCC1. The second-order valence-corrected chi connectivity index (χ2v) is 7.64. The molecular weight excluding hydrogens is 459 g/mol. The van der Waals surface area contributed by atoms with E-state index < -0.39 is 47.2 Å². The van der Waals surface area contributed by atoms with Crippen LogP contribution >= 0.6 is 0 Å². The lowest BCUT2D eigenvalue weighted by Crippen LogP contribution is -2.13. The summed E-state index contributed by atoms with van der Waals surface area (Å²) in [6, 6.07) is 4.44. The Morgan fingerprint density at radius 1 is 0.912 bits per heavy atom. The minimum atomic E-state index is -2.29. The van der Waals surface area contributed by atoms with Gasteiger partial charge in [-0.05, 0) is 50.3 Å². The maximum atomic E-state index is 13.9. The quantitative estimate of drug-likeness (QED) is 0.215. The fraction of sp³-hybridized carbons (Fsp3) is 0.320. The molecule has 34 heavy (non-hydrogen) atoms. The van der Waals surface area contributed by atoms with Crippen molar-refractivity contribution in [3.63, 3.8) is 0 Å². The zero-order valence-corrected chi connectivity index (χ0v) is 18.3. The lowest BCUT2D eigenvalue weighted by molar-refractivity contribution is 0.0457. The molecule has 4 nitrogen and oxygen atoms in total. The smallest absolute Gasteiger partial charge is 0.342 e. The second kappa shape index (κ2) is 11.7. The maximum Gasteiger partial charge on any atom is 0.342 e. The van der Waals surface area contributed by atoms with Gasteiger partial charge in [-0.2, -0.15) is 0 Å². The Hall–Kier alpha value is -3.36. The molecule has 2 aliphatic rings. The van der Waals surface area contributed by atoms with E-state index in [9.17, 15) is 26.7 Å². The van der Waals surface area contributed by atoms with Gasteiger partial charge in [-0.15, -0.1) is 0 Å². The average molecular weight is 482 g/mol. The van der Waals surface area contributed by atoms with Gasteiger partial charge in [-0.25, -0.2) is 26.7 Å². The van der Waals surface area contributed by atoms with E-state index in [0.717, 1.165) is 24.8 Å². The van der Waals surface area contributed by atoms with Crippen LogP contribution in [0.25, 0.3) is 0 Å². The van der Waals surface area contributed by atoms with Gasteiger partial charge in [-0.3, -0.25) is 0 Å². The van der Waals surface area contributed by atoms with Gasteiger partial charge < -0.3 is 14.2 Å². The summed E-state index contributed by atoms with van der Waals surface area (Å²) in [5.41, 5.74) is -0.419. The molecule has 0 amide bonds. The van der Waals surface area contributed by atoms with Crippen LogP contribution in [0.4, 0.5) is 22.0 Å². The molecule has 2 aromatic carbocycles. The van der Waals surface area contributed by atoms with Crippen LogP contribution in [0, 0.1) is 29.1 Å². The van der Waals surface area contributed by atoms with E-state index in [1.54, 1.807) is 6.07 Å². The van der Waals surface area contributed by atoms with Crippen molar-refractivity contribution in [1.82, 2.24) is 0 Å². The van der Waals surface area contributed by atoms with E-state index in [1.807, 2.05) is 6.08 Å². The second-order valence-electron chi connectivity index (χ2n) is 7.64. The highest BCUT2D eigenvalue weighted by molar-refractivity contribution is 5.93.